The van der Waals surface area contributed by atoms with Crippen LogP contribution in [0.3, 0.4) is 0 Å². The molecule has 1 aromatic heterocycles. The van der Waals surface area contributed by atoms with E-state index in [2.05, 4.69) is 21.3 Å². The maximum absolute atomic E-state index is 8.91. The van der Waals surface area contributed by atoms with E-state index in [1.165, 1.54) is 0 Å². The van der Waals surface area contributed by atoms with Gasteiger partial charge in [-0.1, -0.05) is 11.6 Å². The monoisotopic (exact) mass is 250 g/mol. The molecule has 2 rings (SSSR count). The second-order valence-electron chi connectivity index (χ2n) is 4.30. The molecule has 0 spiro atoms. The normalized spacial score (nSPS) is 19.1. The summed E-state index contributed by atoms with van der Waals surface area (Å²) in [5.41, 5.74) is 1.27. The van der Waals surface area contributed by atoms with E-state index >= 15 is 0 Å². The second-order valence-corrected chi connectivity index (χ2v) is 4.70. The summed E-state index contributed by atoms with van der Waals surface area (Å²) in [5.74, 6) is 0.761. The summed E-state index contributed by atoms with van der Waals surface area (Å²) in [6.45, 7) is 3.81. The Labute approximate surface area is 106 Å². The van der Waals surface area contributed by atoms with Crippen molar-refractivity contribution in [3.05, 3.63) is 22.3 Å². The minimum Gasteiger partial charge on any atom is -0.354 e. The lowest BCUT2D eigenvalue weighted by Crippen LogP contribution is -2.34. The van der Waals surface area contributed by atoms with E-state index in [1.807, 2.05) is 14.0 Å². The van der Waals surface area contributed by atoms with Crippen LogP contribution in [0.1, 0.15) is 17.7 Å². The van der Waals surface area contributed by atoms with Crippen LogP contribution >= 0.6 is 11.6 Å². The molecule has 0 radical (unpaired) electrons. The molecule has 4 nitrogen and oxygen atoms in total. The Kier molecular flexibility index (Phi) is 3.51. The molecule has 90 valence electrons. The Balaban J connectivity index is 2.32. The van der Waals surface area contributed by atoms with E-state index in [-0.39, 0.29) is 0 Å². The van der Waals surface area contributed by atoms with Crippen molar-refractivity contribution in [3.8, 4) is 6.07 Å². The number of hydrogen-bond acceptors (Lipinski definition) is 4. The molecule has 0 aromatic carbocycles. The van der Waals surface area contributed by atoms with Crippen molar-refractivity contribution in [2.45, 2.75) is 19.4 Å². The lowest BCUT2D eigenvalue weighted by atomic mass is 10.2. The van der Waals surface area contributed by atoms with Gasteiger partial charge in [0.1, 0.15) is 11.9 Å². The third-order valence-electron chi connectivity index (χ3n) is 3.18. The molecule has 1 aliphatic rings. The second kappa shape index (κ2) is 4.91. The van der Waals surface area contributed by atoms with Gasteiger partial charge in [-0.15, -0.1) is 0 Å². The van der Waals surface area contributed by atoms with Crippen LogP contribution in [0.4, 0.5) is 5.82 Å². The average Bonchev–Trinajstić information content (AvgIpc) is 2.84. The van der Waals surface area contributed by atoms with Crippen LogP contribution < -0.4 is 10.2 Å². The van der Waals surface area contributed by atoms with Crippen LogP contribution in [-0.4, -0.2) is 31.2 Å². The number of pyridine rings is 1. The summed E-state index contributed by atoms with van der Waals surface area (Å²) in [5, 5.41) is 12.8. The Bertz CT molecular complexity index is 460. The van der Waals surface area contributed by atoms with Gasteiger partial charge in [0.15, 0.2) is 0 Å². The highest BCUT2D eigenvalue weighted by molar-refractivity contribution is 6.33. The maximum atomic E-state index is 8.91. The van der Waals surface area contributed by atoms with Gasteiger partial charge < -0.3 is 10.2 Å². The molecule has 1 aromatic rings. The Morgan fingerprint density at radius 2 is 2.41 bits per heavy atom. The summed E-state index contributed by atoms with van der Waals surface area (Å²) < 4.78 is 0. The SMILES string of the molecule is Cc1nc(N(C)C2CCNC2)c(Cl)cc1C#N. The number of likely N-dealkylation sites (N-methyl/N-ethyl adjacent to an activating group) is 1. The number of anilines is 1. The van der Waals surface area contributed by atoms with Crippen molar-refractivity contribution in [1.29, 1.82) is 5.26 Å². The summed E-state index contributed by atoms with van der Waals surface area (Å²) in [4.78, 5) is 6.53. The molecule has 1 N–H and O–H groups in total. The van der Waals surface area contributed by atoms with Crippen LogP contribution in [0.25, 0.3) is 0 Å². The van der Waals surface area contributed by atoms with E-state index in [0.29, 0.717) is 16.6 Å². The molecule has 1 unspecified atom stereocenters. The van der Waals surface area contributed by atoms with Crippen molar-refractivity contribution in [2.24, 2.45) is 0 Å². The van der Waals surface area contributed by atoms with Crippen LogP contribution in [0.5, 0.6) is 0 Å². The van der Waals surface area contributed by atoms with Gasteiger partial charge in [0, 0.05) is 19.6 Å². The van der Waals surface area contributed by atoms with Crippen LogP contribution in [-0.2, 0) is 0 Å². The zero-order valence-electron chi connectivity index (χ0n) is 10.00. The third-order valence-corrected chi connectivity index (χ3v) is 3.46. The molecule has 2 heterocycles. The summed E-state index contributed by atoms with van der Waals surface area (Å²) in [6, 6.07) is 4.21. The number of nitrogens with one attached hydrogen (secondary N) is 1. The predicted molar refractivity (Wildman–Crippen MR) is 68.4 cm³/mol. The number of hydrogen-bond donors (Lipinski definition) is 1. The van der Waals surface area contributed by atoms with Gasteiger partial charge in [-0.2, -0.15) is 5.26 Å². The first-order valence-electron chi connectivity index (χ1n) is 5.64. The van der Waals surface area contributed by atoms with Crippen molar-refractivity contribution < 1.29 is 0 Å². The smallest absolute Gasteiger partial charge is 0.147 e. The molecule has 0 aliphatic carbocycles. The quantitative estimate of drug-likeness (QED) is 0.868. The van der Waals surface area contributed by atoms with Gasteiger partial charge in [-0.3, -0.25) is 0 Å². The minimum absolute atomic E-state index is 0.423. The van der Waals surface area contributed by atoms with E-state index in [0.717, 1.165) is 31.0 Å². The first kappa shape index (κ1) is 12.2. The maximum Gasteiger partial charge on any atom is 0.147 e. The topological polar surface area (TPSA) is 52.0 Å². The van der Waals surface area contributed by atoms with Crippen LogP contribution in [0.2, 0.25) is 5.02 Å². The summed E-state index contributed by atoms with van der Waals surface area (Å²) in [6.07, 6.45) is 1.09. The first-order chi connectivity index (χ1) is 8.13. The summed E-state index contributed by atoms with van der Waals surface area (Å²) in [7, 11) is 2.00. The zero-order valence-corrected chi connectivity index (χ0v) is 10.8. The Hall–Kier alpha value is -1.31. The lowest BCUT2D eigenvalue weighted by Gasteiger charge is -2.26. The number of nitrogens with zero attached hydrogens (tertiary/aromatic N) is 3. The lowest BCUT2D eigenvalue weighted by molar-refractivity contribution is 0.677. The molecule has 1 atom stereocenters. The highest BCUT2D eigenvalue weighted by atomic mass is 35.5. The molecule has 0 bridgehead atoms. The molecule has 0 saturated carbocycles. The largest absolute Gasteiger partial charge is 0.354 e. The fourth-order valence-corrected chi connectivity index (χ4v) is 2.36. The Morgan fingerprint density at radius 3 is 3.00 bits per heavy atom. The van der Waals surface area contributed by atoms with Crippen molar-refractivity contribution >= 4 is 17.4 Å². The van der Waals surface area contributed by atoms with Gasteiger partial charge >= 0.3 is 0 Å². The number of nitriles is 1. The van der Waals surface area contributed by atoms with Crippen molar-refractivity contribution in [3.63, 3.8) is 0 Å². The molecule has 17 heavy (non-hydrogen) atoms. The highest BCUT2D eigenvalue weighted by Gasteiger charge is 2.22. The van der Waals surface area contributed by atoms with Gasteiger partial charge in [0.05, 0.1) is 16.3 Å². The fourth-order valence-electron chi connectivity index (χ4n) is 2.07. The van der Waals surface area contributed by atoms with Gasteiger partial charge in [0.25, 0.3) is 0 Å². The number of halogens is 1. The van der Waals surface area contributed by atoms with Gasteiger partial charge in [0.2, 0.25) is 0 Å². The van der Waals surface area contributed by atoms with Gasteiger partial charge in [-0.05, 0) is 26.0 Å². The minimum atomic E-state index is 0.423. The molecule has 1 aliphatic heterocycles. The standard InChI is InChI=1S/C12H15ClN4/c1-8-9(6-14)5-11(13)12(16-8)17(2)10-3-4-15-7-10/h5,10,15H,3-4,7H2,1-2H3. The van der Waals surface area contributed by atoms with E-state index < -0.39 is 0 Å². The number of aryl methyl sites for hydroxylation is 1. The number of rotatable bonds is 2. The third kappa shape index (κ3) is 2.36. The van der Waals surface area contributed by atoms with E-state index in [1.54, 1.807) is 6.07 Å². The highest BCUT2D eigenvalue weighted by Crippen LogP contribution is 2.27. The molecular formula is C12H15ClN4. The summed E-state index contributed by atoms with van der Waals surface area (Å²) >= 11 is 6.18. The van der Waals surface area contributed by atoms with Crippen molar-refractivity contribution in [2.75, 3.05) is 25.0 Å². The van der Waals surface area contributed by atoms with E-state index in [4.69, 9.17) is 16.9 Å². The van der Waals surface area contributed by atoms with Gasteiger partial charge in [-0.25, -0.2) is 4.98 Å². The van der Waals surface area contributed by atoms with Crippen LogP contribution in [0, 0.1) is 18.3 Å². The average molecular weight is 251 g/mol. The number of aromatic nitrogens is 1. The Morgan fingerprint density at radius 1 is 1.65 bits per heavy atom. The van der Waals surface area contributed by atoms with E-state index in [9.17, 15) is 0 Å². The molecular weight excluding hydrogens is 236 g/mol. The van der Waals surface area contributed by atoms with Crippen molar-refractivity contribution in [1.82, 2.24) is 10.3 Å². The first-order valence-corrected chi connectivity index (χ1v) is 6.02. The van der Waals surface area contributed by atoms with Crippen LogP contribution in [0.15, 0.2) is 6.07 Å². The molecule has 0 amide bonds. The predicted octanol–water partition coefficient (Wildman–Crippen LogP) is 1.71. The molecule has 5 heteroatoms. The molecule has 1 saturated heterocycles. The zero-order chi connectivity index (χ0) is 12.4. The molecule has 1 fully saturated rings. The fraction of sp³-hybridized carbons (Fsp3) is 0.500.